The van der Waals surface area contributed by atoms with Gasteiger partial charge in [0.2, 0.25) is 0 Å². The van der Waals surface area contributed by atoms with Gasteiger partial charge in [-0.25, -0.2) is 4.79 Å². The highest BCUT2D eigenvalue weighted by Crippen LogP contribution is 2.21. The number of aryl methyl sites for hydroxylation is 1. The zero-order valence-corrected chi connectivity index (χ0v) is 12.4. The lowest BCUT2D eigenvalue weighted by Gasteiger charge is -2.27. The quantitative estimate of drug-likeness (QED) is 0.807. The Morgan fingerprint density at radius 1 is 1.41 bits per heavy atom. The first kappa shape index (κ1) is 14.3. The number of aromatic nitrogens is 1. The van der Waals surface area contributed by atoms with Crippen molar-refractivity contribution in [3.63, 3.8) is 0 Å². The van der Waals surface area contributed by atoms with Crippen LogP contribution in [0, 0.1) is 6.92 Å². The fourth-order valence-corrected chi connectivity index (χ4v) is 2.53. The molecule has 0 fully saturated rings. The molecule has 2 heterocycles. The molecule has 1 aromatic heterocycles. The minimum atomic E-state index is -0.791. The number of benzene rings is 1. The monoisotopic (exact) mass is 300 g/mol. The summed E-state index contributed by atoms with van der Waals surface area (Å²) in [6.45, 7) is 2.10. The van der Waals surface area contributed by atoms with E-state index in [1.54, 1.807) is 32.2 Å². The molecule has 0 N–H and O–H groups in total. The summed E-state index contributed by atoms with van der Waals surface area (Å²) < 4.78 is 10.2. The molecule has 1 aromatic carbocycles. The van der Waals surface area contributed by atoms with Crippen LogP contribution in [0.2, 0.25) is 0 Å². The molecule has 6 heteroatoms. The van der Waals surface area contributed by atoms with Crippen LogP contribution in [0.15, 0.2) is 34.9 Å². The summed E-state index contributed by atoms with van der Waals surface area (Å²) in [6, 6.07) is 8.95. The molecule has 1 amide bonds. The summed E-state index contributed by atoms with van der Waals surface area (Å²) in [7, 11) is 1.65. The second-order valence-electron chi connectivity index (χ2n) is 5.38. The average Bonchev–Trinajstić information content (AvgIpc) is 2.91. The van der Waals surface area contributed by atoms with E-state index in [2.05, 4.69) is 5.16 Å². The van der Waals surface area contributed by atoms with Crippen LogP contribution in [0.4, 0.5) is 0 Å². The van der Waals surface area contributed by atoms with Crippen molar-refractivity contribution in [2.24, 2.45) is 0 Å². The Hall–Kier alpha value is -2.63. The lowest BCUT2D eigenvalue weighted by molar-refractivity contribution is -0.140. The number of carbonyl (C=O) groups is 2. The lowest BCUT2D eigenvalue weighted by Crippen LogP contribution is -2.42. The highest BCUT2D eigenvalue weighted by atomic mass is 16.5. The highest BCUT2D eigenvalue weighted by molar-refractivity contribution is 5.95. The molecule has 3 rings (SSSR count). The molecule has 0 radical (unpaired) electrons. The molecular formula is C16H16N2O4. The molecule has 1 aliphatic heterocycles. The maximum atomic E-state index is 12.5. The Morgan fingerprint density at radius 2 is 2.18 bits per heavy atom. The maximum absolute atomic E-state index is 12.5. The van der Waals surface area contributed by atoms with Crippen LogP contribution in [0.3, 0.4) is 0 Å². The van der Waals surface area contributed by atoms with E-state index >= 15 is 0 Å². The minimum Gasteiger partial charge on any atom is -0.448 e. The molecule has 0 aliphatic carbocycles. The molecule has 22 heavy (non-hydrogen) atoms. The predicted molar refractivity (Wildman–Crippen MR) is 77.1 cm³/mol. The van der Waals surface area contributed by atoms with E-state index in [1.165, 1.54) is 4.90 Å². The standard InChI is InChI=1S/C16H16N2O4/c1-10-7-12(17-22-10)9-18(2)15(19)14-8-11-5-3-4-6-13(11)16(20)21-14/h3-7,14H,8-9H2,1-2H3/t14-/m1/s1. The number of cyclic esters (lactones) is 1. The molecule has 1 atom stereocenters. The lowest BCUT2D eigenvalue weighted by atomic mass is 9.98. The summed E-state index contributed by atoms with van der Waals surface area (Å²) in [5, 5.41) is 3.86. The Balaban J connectivity index is 1.72. The van der Waals surface area contributed by atoms with Crippen molar-refractivity contribution >= 4 is 11.9 Å². The van der Waals surface area contributed by atoms with Crippen LogP contribution in [0.25, 0.3) is 0 Å². The number of likely N-dealkylation sites (N-methyl/N-ethyl adjacent to an activating group) is 1. The predicted octanol–water partition coefficient (Wildman–Crippen LogP) is 1.72. The molecule has 114 valence electrons. The second kappa shape index (κ2) is 5.63. The molecule has 2 aromatic rings. The van der Waals surface area contributed by atoms with Crippen molar-refractivity contribution < 1.29 is 18.8 Å². The number of esters is 1. The van der Waals surface area contributed by atoms with Gasteiger partial charge in [0.05, 0.1) is 12.1 Å². The number of nitrogens with zero attached hydrogens (tertiary/aromatic N) is 2. The third-order valence-corrected chi connectivity index (χ3v) is 3.62. The SMILES string of the molecule is Cc1cc(CN(C)C(=O)[C@H]2Cc3ccccc3C(=O)O2)no1. The Kier molecular flexibility index (Phi) is 3.66. The van der Waals surface area contributed by atoms with E-state index in [9.17, 15) is 9.59 Å². The summed E-state index contributed by atoms with van der Waals surface area (Å²) >= 11 is 0. The van der Waals surface area contributed by atoms with Crippen molar-refractivity contribution in [2.45, 2.75) is 26.0 Å². The van der Waals surface area contributed by atoms with Gasteiger partial charge < -0.3 is 14.2 Å². The Labute approximate surface area is 127 Å². The van der Waals surface area contributed by atoms with Crippen molar-refractivity contribution in [1.82, 2.24) is 10.1 Å². The molecule has 0 unspecified atom stereocenters. The minimum absolute atomic E-state index is 0.247. The zero-order chi connectivity index (χ0) is 15.7. The first-order valence-electron chi connectivity index (χ1n) is 7.00. The van der Waals surface area contributed by atoms with Gasteiger partial charge in [0.15, 0.2) is 6.10 Å². The van der Waals surface area contributed by atoms with Crippen molar-refractivity contribution in [3.8, 4) is 0 Å². The topological polar surface area (TPSA) is 72.6 Å². The first-order chi connectivity index (χ1) is 10.5. The van der Waals surface area contributed by atoms with Crippen LogP contribution in [-0.2, 0) is 22.5 Å². The summed E-state index contributed by atoms with van der Waals surface area (Å²) in [5.41, 5.74) is 2.03. The summed E-state index contributed by atoms with van der Waals surface area (Å²) in [5.74, 6) is -0.0109. The van der Waals surface area contributed by atoms with E-state index in [0.717, 1.165) is 5.56 Å². The van der Waals surface area contributed by atoms with Crippen LogP contribution in [-0.4, -0.2) is 35.1 Å². The highest BCUT2D eigenvalue weighted by Gasteiger charge is 2.32. The summed E-state index contributed by atoms with van der Waals surface area (Å²) in [4.78, 5) is 25.9. The second-order valence-corrected chi connectivity index (χ2v) is 5.38. The number of rotatable bonds is 3. The zero-order valence-electron chi connectivity index (χ0n) is 12.4. The fourth-order valence-electron chi connectivity index (χ4n) is 2.53. The number of ether oxygens (including phenoxy) is 1. The molecule has 0 saturated carbocycles. The number of hydrogen-bond donors (Lipinski definition) is 0. The maximum Gasteiger partial charge on any atom is 0.339 e. The van der Waals surface area contributed by atoms with Gasteiger partial charge >= 0.3 is 5.97 Å². The van der Waals surface area contributed by atoms with Gasteiger partial charge in [0.1, 0.15) is 11.5 Å². The van der Waals surface area contributed by atoms with Crippen LogP contribution >= 0.6 is 0 Å². The van der Waals surface area contributed by atoms with E-state index in [0.29, 0.717) is 30.0 Å². The van der Waals surface area contributed by atoms with Gasteiger partial charge in [-0.05, 0) is 18.6 Å². The fraction of sp³-hybridized carbons (Fsp3) is 0.312. The van der Waals surface area contributed by atoms with Gasteiger partial charge in [-0.1, -0.05) is 23.4 Å². The van der Waals surface area contributed by atoms with Gasteiger partial charge in [0.25, 0.3) is 5.91 Å². The van der Waals surface area contributed by atoms with Crippen molar-refractivity contribution in [2.75, 3.05) is 7.05 Å². The third-order valence-electron chi connectivity index (χ3n) is 3.62. The number of amides is 1. The van der Waals surface area contributed by atoms with Crippen LogP contribution < -0.4 is 0 Å². The molecule has 0 spiro atoms. The number of carbonyl (C=O) groups excluding carboxylic acids is 2. The first-order valence-corrected chi connectivity index (χ1v) is 7.00. The molecular weight excluding hydrogens is 284 g/mol. The van der Waals surface area contributed by atoms with Crippen LogP contribution in [0.1, 0.15) is 27.4 Å². The normalized spacial score (nSPS) is 16.8. The smallest absolute Gasteiger partial charge is 0.339 e. The van der Waals surface area contributed by atoms with Gasteiger partial charge in [-0.15, -0.1) is 0 Å². The Morgan fingerprint density at radius 3 is 2.91 bits per heavy atom. The van der Waals surface area contributed by atoms with E-state index in [1.807, 2.05) is 12.1 Å². The van der Waals surface area contributed by atoms with Crippen molar-refractivity contribution in [1.29, 1.82) is 0 Å². The third kappa shape index (κ3) is 2.72. The molecule has 0 bridgehead atoms. The van der Waals surface area contributed by atoms with Gasteiger partial charge in [-0.3, -0.25) is 4.79 Å². The number of hydrogen-bond acceptors (Lipinski definition) is 5. The van der Waals surface area contributed by atoms with Gasteiger partial charge in [0, 0.05) is 19.5 Å². The van der Waals surface area contributed by atoms with Crippen LogP contribution in [0.5, 0.6) is 0 Å². The molecule has 0 saturated heterocycles. The average molecular weight is 300 g/mol. The van der Waals surface area contributed by atoms with Crippen molar-refractivity contribution in [3.05, 3.63) is 52.9 Å². The van der Waals surface area contributed by atoms with Gasteiger partial charge in [-0.2, -0.15) is 0 Å². The number of fused-ring (bicyclic) bond motifs is 1. The van der Waals surface area contributed by atoms with E-state index < -0.39 is 12.1 Å². The Bertz CT molecular complexity index is 722. The summed E-state index contributed by atoms with van der Waals surface area (Å²) in [6.07, 6.45) is -0.400. The van der Waals surface area contributed by atoms with E-state index in [-0.39, 0.29) is 5.91 Å². The largest absolute Gasteiger partial charge is 0.448 e. The van der Waals surface area contributed by atoms with E-state index in [4.69, 9.17) is 9.26 Å². The molecule has 6 nitrogen and oxygen atoms in total. The molecule has 1 aliphatic rings.